The van der Waals surface area contributed by atoms with Gasteiger partial charge in [-0.05, 0) is 25.5 Å². The number of carbonyl (C=O) groups is 1. The standard InChI is InChI=1S/C11H15ClN2O3/c1-3-11(2,6-15)14-8-5-4-7(12)9(13-8)10(16)17/h4-5,15H,3,6H2,1-2H3,(H,13,14)(H,16,17). The monoisotopic (exact) mass is 258 g/mol. The minimum Gasteiger partial charge on any atom is -0.476 e. The summed E-state index contributed by atoms with van der Waals surface area (Å²) in [7, 11) is 0. The average molecular weight is 259 g/mol. The number of aliphatic hydroxyl groups excluding tert-OH is 1. The van der Waals surface area contributed by atoms with E-state index in [-0.39, 0.29) is 17.3 Å². The molecule has 1 unspecified atom stereocenters. The summed E-state index contributed by atoms with van der Waals surface area (Å²) in [5, 5.41) is 21.2. The normalized spacial score (nSPS) is 14.1. The lowest BCUT2D eigenvalue weighted by molar-refractivity contribution is 0.0691. The Kier molecular flexibility index (Phi) is 4.31. The van der Waals surface area contributed by atoms with Crippen molar-refractivity contribution in [3.63, 3.8) is 0 Å². The second-order valence-electron chi connectivity index (χ2n) is 4.03. The van der Waals surface area contributed by atoms with E-state index in [0.717, 1.165) is 0 Å². The maximum atomic E-state index is 10.9. The molecule has 1 atom stereocenters. The lowest BCUT2D eigenvalue weighted by atomic mass is 10.0. The van der Waals surface area contributed by atoms with Gasteiger partial charge in [0.15, 0.2) is 5.69 Å². The molecule has 0 bridgehead atoms. The van der Waals surface area contributed by atoms with E-state index in [0.29, 0.717) is 12.2 Å². The largest absolute Gasteiger partial charge is 0.476 e. The van der Waals surface area contributed by atoms with E-state index < -0.39 is 11.5 Å². The molecule has 1 aromatic heterocycles. The Bertz CT molecular complexity index is 419. The summed E-state index contributed by atoms with van der Waals surface area (Å²) in [4.78, 5) is 14.8. The minimum atomic E-state index is -1.18. The highest BCUT2D eigenvalue weighted by Gasteiger charge is 2.22. The molecule has 0 amide bonds. The van der Waals surface area contributed by atoms with Crippen LogP contribution in [0.2, 0.25) is 5.02 Å². The van der Waals surface area contributed by atoms with Crippen molar-refractivity contribution in [2.24, 2.45) is 0 Å². The number of aliphatic hydroxyl groups is 1. The first-order valence-electron chi connectivity index (χ1n) is 5.21. The highest BCUT2D eigenvalue weighted by Crippen LogP contribution is 2.20. The number of nitrogens with one attached hydrogen (secondary N) is 1. The van der Waals surface area contributed by atoms with Crippen molar-refractivity contribution in [3.05, 3.63) is 22.8 Å². The van der Waals surface area contributed by atoms with Crippen LogP contribution >= 0.6 is 11.6 Å². The quantitative estimate of drug-likeness (QED) is 0.753. The highest BCUT2D eigenvalue weighted by molar-refractivity contribution is 6.33. The number of hydrogen-bond donors (Lipinski definition) is 3. The van der Waals surface area contributed by atoms with Crippen LogP contribution in [-0.4, -0.2) is 33.3 Å². The van der Waals surface area contributed by atoms with Crippen LogP contribution in [0.3, 0.4) is 0 Å². The van der Waals surface area contributed by atoms with Crippen molar-refractivity contribution in [1.82, 2.24) is 4.98 Å². The smallest absolute Gasteiger partial charge is 0.356 e. The molecule has 1 heterocycles. The number of aromatic carboxylic acids is 1. The Morgan fingerprint density at radius 1 is 1.59 bits per heavy atom. The van der Waals surface area contributed by atoms with E-state index in [1.54, 1.807) is 6.07 Å². The van der Waals surface area contributed by atoms with E-state index in [1.807, 2.05) is 13.8 Å². The van der Waals surface area contributed by atoms with Gasteiger partial charge in [-0.2, -0.15) is 0 Å². The summed E-state index contributed by atoms with van der Waals surface area (Å²) >= 11 is 5.71. The third kappa shape index (κ3) is 3.31. The molecule has 0 radical (unpaired) electrons. The number of halogens is 1. The highest BCUT2D eigenvalue weighted by atomic mass is 35.5. The lowest BCUT2D eigenvalue weighted by Gasteiger charge is -2.27. The summed E-state index contributed by atoms with van der Waals surface area (Å²) in [6.07, 6.45) is 0.677. The third-order valence-corrected chi connectivity index (χ3v) is 2.91. The molecule has 1 aromatic rings. The first kappa shape index (κ1) is 13.7. The zero-order chi connectivity index (χ0) is 13.1. The van der Waals surface area contributed by atoms with Gasteiger partial charge >= 0.3 is 5.97 Å². The number of anilines is 1. The van der Waals surface area contributed by atoms with Gasteiger partial charge < -0.3 is 15.5 Å². The zero-order valence-electron chi connectivity index (χ0n) is 9.70. The Balaban J connectivity index is 3.01. The lowest BCUT2D eigenvalue weighted by Crippen LogP contribution is -2.38. The molecule has 17 heavy (non-hydrogen) atoms. The third-order valence-electron chi connectivity index (χ3n) is 2.61. The zero-order valence-corrected chi connectivity index (χ0v) is 10.5. The van der Waals surface area contributed by atoms with Gasteiger partial charge in [0.05, 0.1) is 17.2 Å². The van der Waals surface area contributed by atoms with Crippen molar-refractivity contribution in [2.45, 2.75) is 25.8 Å². The molecule has 0 aliphatic rings. The van der Waals surface area contributed by atoms with Gasteiger partial charge in [0.25, 0.3) is 0 Å². The van der Waals surface area contributed by atoms with E-state index >= 15 is 0 Å². The van der Waals surface area contributed by atoms with Gasteiger partial charge in [-0.3, -0.25) is 0 Å². The number of nitrogens with zero attached hydrogens (tertiary/aromatic N) is 1. The van der Waals surface area contributed by atoms with Crippen LogP contribution in [0.5, 0.6) is 0 Å². The van der Waals surface area contributed by atoms with Crippen LogP contribution in [0.25, 0.3) is 0 Å². The van der Waals surface area contributed by atoms with Crippen LogP contribution < -0.4 is 5.32 Å². The van der Waals surface area contributed by atoms with Gasteiger partial charge in [-0.1, -0.05) is 18.5 Å². The molecular weight excluding hydrogens is 244 g/mol. The van der Waals surface area contributed by atoms with Crippen LogP contribution in [0.1, 0.15) is 30.8 Å². The van der Waals surface area contributed by atoms with E-state index in [4.69, 9.17) is 16.7 Å². The Labute approximate surface area is 104 Å². The summed E-state index contributed by atoms with van der Waals surface area (Å²) < 4.78 is 0. The number of rotatable bonds is 5. The fourth-order valence-electron chi connectivity index (χ4n) is 1.21. The Hall–Kier alpha value is -1.33. The van der Waals surface area contributed by atoms with Gasteiger partial charge in [0.2, 0.25) is 0 Å². The van der Waals surface area contributed by atoms with E-state index in [2.05, 4.69) is 10.3 Å². The van der Waals surface area contributed by atoms with Gasteiger partial charge in [0, 0.05) is 0 Å². The number of aromatic nitrogens is 1. The van der Waals surface area contributed by atoms with Crippen molar-refractivity contribution in [2.75, 3.05) is 11.9 Å². The van der Waals surface area contributed by atoms with Crippen molar-refractivity contribution < 1.29 is 15.0 Å². The molecule has 1 rings (SSSR count). The first-order chi connectivity index (χ1) is 7.91. The predicted molar refractivity (Wildman–Crippen MR) is 65.6 cm³/mol. The van der Waals surface area contributed by atoms with Crippen molar-refractivity contribution in [3.8, 4) is 0 Å². The summed E-state index contributed by atoms with van der Waals surface area (Å²) in [5.41, 5.74) is -0.732. The molecule has 5 nitrogen and oxygen atoms in total. The van der Waals surface area contributed by atoms with Gasteiger partial charge in [0.1, 0.15) is 5.82 Å². The van der Waals surface area contributed by atoms with Gasteiger partial charge in [-0.25, -0.2) is 9.78 Å². The van der Waals surface area contributed by atoms with Crippen LogP contribution in [0, 0.1) is 0 Å². The molecule has 0 aliphatic carbocycles. The maximum absolute atomic E-state index is 10.9. The number of pyridine rings is 1. The van der Waals surface area contributed by atoms with Crippen LogP contribution in [0.15, 0.2) is 12.1 Å². The second-order valence-corrected chi connectivity index (χ2v) is 4.44. The summed E-state index contributed by atoms with van der Waals surface area (Å²) in [6, 6.07) is 3.05. The molecule has 0 aliphatic heterocycles. The number of carboxylic acids is 1. The maximum Gasteiger partial charge on any atom is 0.356 e. The summed E-state index contributed by atoms with van der Waals surface area (Å²) in [5.74, 6) is -0.800. The molecule has 0 saturated heterocycles. The average Bonchev–Trinajstić information content (AvgIpc) is 2.31. The molecule has 94 valence electrons. The van der Waals surface area contributed by atoms with Crippen LogP contribution in [0.4, 0.5) is 5.82 Å². The topological polar surface area (TPSA) is 82.5 Å². The number of hydrogen-bond acceptors (Lipinski definition) is 4. The number of carboxylic acid groups (broad SMARTS) is 1. The molecule has 3 N–H and O–H groups in total. The van der Waals surface area contributed by atoms with Crippen LogP contribution in [-0.2, 0) is 0 Å². The predicted octanol–water partition coefficient (Wildman–Crippen LogP) is 2.01. The van der Waals surface area contributed by atoms with E-state index in [9.17, 15) is 9.90 Å². The second kappa shape index (κ2) is 5.33. The molecule has 0 aromatic carbocycles. The fourth-order valence-corrected chi connectivity index (χ4v) is 1.40. The van der Waals surface area contributed by atoms with Crippen molar-refractivity contribution in [1.29, 1.82) is 0 Å². The Morgan fingerprint density at radius 2 is 2.24 bits per heavy atom. The fraction of sp³-hybridized carbons (Fsp3) is 0.455. The molecule has 0 spiro atoms. The minimum absolute atomic E-state index is 0.0732. The SMILES string of the molecule is CCC(C)(CO)Nc1ccc(Cl)c(C(=O)O)n1. The first-order valence-corrected chi connectivity index (χ1v) is 5.58. The van der Waals surface area contributed by atoms with E-state index in [1.165, 1.54) is 6.07 Å². The van der Waals surface area contributed by atoms with Crippen molar-refractivity contribution >= 4 is 23.4 Å². The molecular formula is C11H15ClN2O3. The molecule has 0 saturated carbocycles. The molecule has 0 fully saturated rings. The summed E-state index contributed by atoms with van der Waals surface area (Å²) in [6.45, 7) is 3.66. The Morgan fingerprint density at radius 3 is 2.71 bits per heavy atom. The molecule has 6 heteroatoms. The van der Waals surface area contributed by atoms with Gasteiger partial charge in [-0.15, -0.1) is 0 Å².